The zero-order valence-electron chi connectivity index (χ0n) is 7.52. The van der Waals surface area contributed by atoms with Gasteiger partial charge in [-0.1, -0.05) is 0 Å². The van der Waals surface area contributed by atoms with Gasteiger partial charge >= 0.3 is 17.9 Å². The highest BCUT2D eigenvalue weighted by Crippen LogP contribution is 2.44. The Kier molecular flexibility index (Phi) is 2.46. The molecule has 0 amide bonds. The molecule has 1 fully saturated rings. The van der Waals surface area contributed by atoms with Crippen LogP contribution in [0, 0.1) is 5.41 Å². The molecule has 1 rings (SSSR count). The van der Waals surface area contributed by atoms with Crippen LogP contribution in [0.2, 0.25) is 0 Å². The van der Waals surface area contributed by atoms with Crippen molar-refractivity contribution in [1.29, 1.82) is 0 Å². The molecule has 0 aromatic rings. The highest BCUT2D eigenvalue weighted by atomic mass is 16.5. The van der Waals surface area contributed by atoms with Crippen molar-refractivity contribution in [3.05, 3.63) is 0 Å². The first-order chi connectivity index (χ1) is 6.41. The van der Waals surface area contributed by atoms with E-state index >= 15 is 0 Å². The Hall–Kier alpha value is -1.59. The fourth-order valence-electron chi connectivity index (χ4n) is 1.49. The van der Waals surface area contributed by atoms with Crippen LogP contribution < -0.4 is 0 Å². The summed E-state index contributed by atoms with van der Waals surface area (Å²) in [4.78, 5) is 32.1. The van der Waals surface area contributed by atoms with Gasteiger partial charge in [0.1, 0.15) is 6.10 Å². The van der Waals surface area contributed by atoms with E-state index in [1.54, 1.807) is 0 Å². The van der Waals surface area contributed by atoms with Crippen molar-refractivity contribution >= 4 is 17.9 Å². The van der Waals surface area contributed by atoms with Crippen LogP contribution in [0.4, 0.5) is 0 Å². The molecule has 6 nitrogen and oxygen atoms in total. The van der Waals surface area contributed by atoms with Gasteiger partial charge < -0.3 is 14.9 Å². The van der Waals surface area contributed by atoms with Gasteiger partial charge in [0.05, 0.1) is 0 Å². The Morgan fingerprint density at radius 3 is 2.00 bits per heavy atom. The van der Waals surface area contributed by atoms with Crippen LogP contribution in [0.25, 0.3) is 0 Å². The van der Waals surface area contributed by atoms with Crippen LogP contribution >= 0.6 is 0 Å². The molecule has 1 aliphatic carbocycles. The average molecular weight is 202 g/mol. The minimum absolute atomic E-state index is 0.00435. The lowest BCUT2D eigenvalue weighted by molar-refractivity contribution is -0.195. The molecule has 0 heterocycles. The fraction of sp³-hybridized carbons (Fsp3) is 0.625. The first kappa shape index (κ1) is 10.5. The van der Waals surface area contributed by atoms with Crippen LogP contribution in [0.15, 0.2) is 0 Å². The molecule has 0 saturated heterocycles. The number of esters is 1. The Balaban J connectivity index is 2.85. The Labute approximate surface area is 79.5 Å². The van der Waals surface area contributed by atoms with Crippen molar-refractivity contribution in [3.8, 4) is 0 Å². The third kappa shape index (κ3) is 1.32. The predicted octanol–water partition coefficient (Wildman–Crippen LogP) is -0.132. The third-order valence-electron chi connectivity index (χ3n) is 2.42. The molecule has 0 radical (unpaired) electrons. The summed E-state index contributed by atoms with van der Waals surface area (Å²) >= 11 is 0. The van der Waals surface area contributed by atoms with E-state index in [4.69, 9.17) is 10.2 Å². The number of hydrogen-bond donors (Lipinski definition) is 2. The Morgan fingerprint density at radius 1 is 1.29 bits per heavy atom. The Morgan fingerprint density at radius 2 is 1.79 bits per heavy atom. The van der Waals surface area contributed by atoms with Gasteiger partial charge in [-0.05, 0) is 12.8 Å². The normalized spacial score (nSPS) is 23.4. The second-order valence-corrected chi connectivity index (χ2v) is 3.22. The van der Waals surface area contributed by atoms with Crippen LogP contribution in [0.3, 0.4) is 0 Å². The van der Waals surface area contributed by atoms with Crippen LogP contribution in [0.5, 0.6) is 0 Å². The molecular formula is C8H10O6. The average Bonchev–Trinajstić information content (AvgIpc) is 1.97. The summed E-state index contributed by atoms with van der Waals surface area (Å²) in [6.45, 7) is 1.12. The summed E-state index contributed by atoms with van der Waals surface area (Å²) < 4.78 is 4.62. The summed E-state index contributed by atoms with van der Waals surface area (Å²) in [7, 11) is 0. The summed E-state index contributed by atoms with van der Waals surface area (Å²) in [5, 5.41) is 17.5. The molecule has 0 bridgehead atoms. The second-order valence-electron chi connectivity index (χ2n) is 3.22. The number of aliphatic carboxylic acids is 2. The first-order valence-corrected chi connectivity index (χ1v) is 4.05. The number of carbonyl (C=O) groups excluding carboxylic acids is 1. The summed E-state index contributed by atoms with van der Waals surface area (Å²) in [5.41, 5.74) is -1.94. The van der Waals surface area contributed by atoms with E-state index in [0.717, 1.165) is 6.92 Å². The Bertz CT molecular complexity index is 280. The molecule has 1 aliphatic rings. The van der Waals surface area contributed by atoms with Crippen molar-refractivity contribution in [2.45, 2.75) is 25.9 Å². The van der Waals surface area contributed by atoms with Crippen molar-refractivity contribution in [1.82, 2.24) is 0 Å². The second kappa shape index (κ2) is 3.28. The number of rotatable bonds is 3. The summed E-state index contributed by atoms with van der Waals surface area (Å²) in [6, 6.07) is 0. The number of hydrogen-bond acceptors (Lipinski definition) is 4. The SMILES string of the molecule is CC(=O)OC1CCC1(C(=O)O)C(=O)O. The first-order valence-electron chi connectivity index (χ1n) is 4.05. The number of carboxylic acid groups (broad SMARTS) is 2. The molecule has 2 N–H and O–H groups in total. The zero-order chi connectivity index (χ0) is 10.9. The minimum atomic E-state index is -1.94. The molecule has 1 atom stereocenters. The van der Waals surface area contributed by atoms with Gasteiger partial charge in [0.15, 0.2) is 0 Å². The topological polar surface area (TPSA) is 101 Å². The molecular weight excluding hydrogens is 192 g/mol. The number of carbonyl (C=O) groups is 3. The van der Waals surface area contributed by atoms with Crippen molar-refractivity contribution in [3.63, 3.8) is 0 Å². The van der Waals surface area contributed by atoms with Gasteiger partial charge in [0.25, 0.3) is 0 Å². The van der Waals surface area contributed by atoms with E-state index in [2.05, 4.69) is 4.74 Å². The van der Waals surface area contributed by atoms with E-state index in [1.807, 2.05) is 0 Å². The standard InChI is InChI=1S/C8H10O6/c1-4(9)14-5-2-3-8(5,6(10)11)7(12)13/h5H,2-3H2,1H3,(H,10,11)(H,12,13). The van der Waals surface area contributed by atoms with Gasteiger partial charge in [-0.3, -0.25) is 14.4 Å². The van der Waals surface area contributed by atoms with Gasteiger partial charge in [-0.2, -0.15) is 0 Å². The molecule has 6 heteroatoms. The van der Waals surface area contributed by atoms with E-state index < -0.39 is 29.4 Å². The van der Waals surface area contributed by atoms with Gasteiger partial charge in [0, 0.05) is 6.92 Å². The van der Waals surface area contributed by atoms with Crippen molar-refractivity contribution in [2.75, 3.05) is 0 Å². The highest BCUT2D eigenvalue weighted by Gasteiger charge is 2.61. The van der Waals surface area contributed by atoms with E-state index in [0.29, 0.717) is 0 Å². The van der Waals surface area contributed by atoms with Crippen LogP contribution in [-0.4, -0.2) is 34.2 Å². The molecule has 78 valence electrons. The van der Waals surface area contributed by atoms with Crippen molar-refractivity contribution in [2.24, 2.45) is 5.41 Å². The van der Waals surface area contributed by atoms with Crippen LogP contribution in [0.1, 0.15) is 19.8 Å². The molecule has 0 aliphatic heterocycles. The zero-order valence-corrected chi connectivity index (χ0v) is 7.52. The number of ether oxygens (including phenoxy) is 1. The maximum atomic E-state index is 10.8. The van der Waals surface area contributed by atoms with E-state index in [-0.39, 0.29) is 12.8 Å². The quantitative estimate of drug-likeness (QED) is 0.488. The van der Waals surface area contributed by atoms with Gasteiger partial charge in [-0.25, -0.2) is 0 Å². The fourth-order valence-corrected chi connectivity index (χ4v) is 1.49. The lowest BCUT2D eigenvalue weighted by Gasteiger charge is -2.41. The largest absolute Gasteiger partial charge is 0.480 e. The monoisotopic (exact) mass is 202 g/mol. The lowest BCUT2D eigenvalue weighted by Crippen LogP contribution is -2.57. The predicted molar refractivity (Wildman–Crippen MR) is 42.5 cm³/mol. The maximum Gasteiger partial charge on any atom is 0.324 e. The molecule has 14 heavy (non-hydrogen) atoms. The maximum absolute atomic E-state index is 10.8. The molecule has 0 spiro atoms. The lowest BCUT2D eigenvalue weighted by atomic mass is 9.66. The molecule has 1 saturated carbocycles. The van der Waals surface area contributed by atoms with Gasteiger partial charge in [-0.15, -0.1) is 0 Å². The summed E-state index contributed by atoms with van der Waals surface area (Å²) in [5.74, 6) is -3.58. The van der Waals surface area contributed by atoms with E-state index in [9.17, 15) is 14.4 Å². The molecule has 0 aromatic carbocycles. The smallest absolute Gasteiger partial charge is 0.324 e. The molecule has 1 unspecified atom stereocenters. The van der Waals surface area contributed by atoms with Gasteiger partial charge in [0.2, 0.25) is 5.41 Å². The minimum Gasteiger partial charge on any atom is -0.480 e. The van der Waals surface area contributed by atoms with E-state index in [1.165, 1.54) is 0 Å². The van der Waals surface area contributed by atoms with Crippen LogP contribution in [-0.2, 0) is 19.1 Å². The number of carboxylic acids is 2. The third-order valence-corrected chi connectivity index (χ3v) is 2.42. The molecule has 0 aromatic heterocycles. The summed E-state index contributed by atoms with van der Waals surface area (Å²) in [6.07, 6.45) is -0.775. The highest BCUT2D eigenvalue weighted by molar-refractivity contribution is 6.00. The van der Waals surface area contributed by atoms with Crippen molar-refractivity contribution < 1.29 is 29.3 Å².